The van der Waals surface area contributed by atoms with Crippen molar-refractivity contribution in [1.82, 2.24) is 4.57 Å². The molecule has 1 aromatic carbocycles. The maximum Gasteiger partial charge on any atom is 0.291 e. The molecular formula is C20H19N3O5. The van der Waals surface area contributed by atoms with Crippen LogP contribution in [0.4, 0.5) is 11.4 Å². The van der Waals surface area contributed by atoms with E-state index in [2.05, 4.69) is 10.6 Å². The molecule has 144 valence electrons. The number of carbonyl (C=O) groups excluding carboxylic acids is 2. The number of aromatic nitrogens is 1. The predicted molar refractivity (Wildman–Crippen MR) is 104 cm³/mol. The number of anilines is 2. The minimum absolute atomic E-state index is 0.0889. The van der Waals surface area contributed by atoms with Crippen LogP contribution in [0, 0.1) is 0 Å². The summed E-state index contributed by atoms with van der Waals surface area (Å²) in [6.45, 7) is 1.61. The lowest BCUT2D eigenvalue weighted by Crippen LogP contribution is -2.18. The van der Waals surface area contributed by atoms with E-state index in [9.17, 15) is 14.4 Å². The van der Waals surface area contributed by atoms with E-state index >= 15 is 0 Å². The largest absolute Gasteiger partial charge is 0.495 e. The Morgan fingerprint density at radius 1 is 1.11 bits per heavy atom. The first kappa shape index (κ1) is 19.0. The topological polar surface area (TPSA) is 103 Å². The summed E-state index contributed by atoms with van der Waals surface area (Å²) in [6, 6.07) is 12.9. The Kier molecular flexibility index (Phi) is 5.59. The van der Waals surface area contributed by atoms with Crippen molar-refractivity contribution < 1.29 is 18.7 Å². The molecule has 0 fully saturated rings. The van der Waals surface area contributed by atoms with Crippen molar-refractivity contribution in [3.05, 3.63) is 76.6 Å². The maximum atomic E-state index is 12.5. The number of hydrogen-bond acceptors (Lipinski definition) is 5. The van der Waals surface area contributed by atoms with Gasteiger partial charge in [-0.25, -0.2) is 0 Å². The molecule has 0 atom stereocenters. The number of methoxy groups -OCH3 is 1. The number of amides is 2. The van der Waals surface area contributed by atoms with Crippen LogP contribution in [0.15, 0.2) is 63.9 Å². The van der Waals surface area contributed by atoms with Crippen LogP contribution in [0.25, 0.3) is 0 Å². The number of furan rings is 1. The summed E-state index contributed by atoms with van der Waals surface area (Å²) in [5.41, 5.74) is 0.743. The van der Waals surface area contributed by atoms with E-state index in [4.69, 9.17) is 9.15 Å². The second kappa shape index (κ2) is 8.26. The Bertz CT molecular complexity index is 1070. The number of carbonyl (C=O) groups is 2. The predicted octanol–water partition coefficient (Wildman–Crippen LogP) is 2.71. The molecule has 2 heterocycles. The summed E-state index contributed by atoms with van der Waals surface area (Å²) < 4.78 is 12.3. The standard InChI is InChI=1S/C20H19N3O5/c1-13(24)21-14-6-8-17(27-2)16(11-14)22-20(26)18-9-7-15(28-18)12-23-10-4-3-5-19(23)25/h3-11H,12H2,1-2H3,(H,21,24)(H,22,26). The van der Waals surface area contributed by atoms with Crippen LogP contribution in [-0.2, 0) is 11.3 Å². The number of nitrogens with one attached hydrogen (secondary N) is 2. The Hall–Kier alpha value is -3.81. The van der Waals surface area contributed by atoms with Gasteiger partial charge >= 0.3 is 0 Å². The van der Waals surface area contributed by atoms with Gasteiger partial charge in [0.1, 0.15) is 11.5 Å². The second-order valence-corrected chi connectivity index (χ2v) is 5.98. The monoisotopic (exact) mass is 381 g/mol. The zero-order chi connectivity index (χ0) is 20.1. The Labute approximate surface area is 160 Å². The van der Waals surface area contributed by atoms with Crippen molar-refractivity contribution in [3.63, 3.8) is 0 Å². The molecule has 3 aromatic rings. The van der Waals surface area contributed by atoms with Gasteiger partial charge in [-0.05, 0) is 36.4 Å². The normalized spacial score (nSPS) is 10.4. The van der Waals surface area contributed by atoms with Gasteiger partial charge in [-0.3, -0.25) is 14.4 Å². The van der Waals surface area contributed by atoms with Gasteiger partial charge in [0.05, 0.1) is 19.3 Å². The lowest BCUT2D eigenvalue weighted by molar-refractivity contribution is -0.114. The summed E-state index contributed by atoms with van der Waals surface area (Å²) >= 11 is 0. The average molecular weight is 381 g/mol. The third-order valence-electron chi connectivity index (χ3n) is 3.88. The van der Waals surface area contributed by atoms with Crippen LogP contribution in [0.2, 0.25) is 0 Å². The summed E-state index contributed by atoms with van der Waals surface area (Å²) in [4.78, 5) is 35.5. The molecule has 3 rings (SSSR count). The fourth-order valence-electron chi connectivity index (χ4n) is 2.61. The van der Waals surface area contributed by atoms with Crippen molar-refractivity contribution in [2.45, 2.75) is 13.5 Å². The average Bonchev–Trinajstić information content (AvgIpc) is 3.12. The molecule has 0 aliphatic heterocycles. The summed E-state index contributed by atoms with van der Waals surface area (Å²) in [5.74, 6) is 0.285. The first-order valence-corrected chi connectivity index (χ1v) is 8.47. The molecule has 0 spiro atoms. The molecule has 0 saturated heterocycles. The lowest BCUT2D eigenvalue weighted by atomic mass is 10.2. The number of benzene rings is 1. The zero-order valence-electron chi connectivity index (χ0n) is 15.4. The summed E-state index contributed by atoms with van der Waals surface area (Å²) in [5, 5.41) is 5.35. The highest BCUT2D eigenvalue weighted by atomic mass is 16.5. The van der Waals surface area contributed by atoms with Crippen LogP contribution < -0.4 is 20.9 Å². The Morgan fingerprint density at radius 3 is 2.64 bits per heavy atom. The summed E-state index contributed by atoms with van der Waals surface area (Å²) in [7, 11) is 1.48. The van der Waals surface area contributed by atoms with E-state index in [1.165, 1.54) is 30.7 Å². The number of pyridine rings is 1. The SMILES string of the molecule is COc1ccc(NC(C)=O)cc1NC(=O)c1ccc(Cn2ccccc2=O)o1. The van der Waals surface area contributed by atoms with Gasteiger partial charge in [0.2, 0.25) is 5.91 Å². The van der Waals surface area contributed by atoms with Crippen molar-refractivity contribution in [2.75, 3.05) is 17.7 Å². The number of hydrogen-bond donors (Lipinski definition) is 2. The molecular weight excluding hydrogens is 362 g/mol. The van der Waals surface area contributed by atoms with Crippen molar-refractivity contribution in [2.24, 2.45) is 0 Å². The van der Waals surface area contributed by atoms with Gasteiger partial charge in [-0.2, -0.15) is 0 Å². The lowest BCUT2D eigenvalue weighted by Gasteiger charge is -2.11. The molecule has 0 aliphatic rings. The fraction of sp³-hybridized carbons (Fsp3) is 0.150. The Balaban J connectivity index is 1.76. The first-order chi connectivity index (χ1) is 13.5. The molecule has 0 unspecified atom stereocenters. The second-order valence-electron chi connectivity index (χ2n) is 5.98. The van der Waals surface area contributed by atoms with E-state index in [1.807, 2.05) is 0 Å². The third kappa shape index (κ3) is 4.47. The van der Waals surface area contributed by atoms with Crippen LogP contribution in [0.3, 0.4) is 0 Å². The van der Waals surface area contributed by atoms with Crippen LogP contribution >= 0.6 is 0 Å². The van der Waals surface area contributed by atoms with E-state index in [0.717, 1.165) is 0 Å². The van der Waals surface area contributed by atoms with Crippen molar-refractivity contribution in [1.29, 1.82) is 0 Å². The minimum Gasteiger partial charge on any atom is -0.495 e. The van der Waals surface area contributed by atoms with E-state index in [1.54, 1.807) is 42.6 Å². The minimum atomic E-state index is -0.482. The molecule has 8 heteroatoms. The quantitative estimate of drug-likeness (QED) is 0.683. The molecule has 2 N–H and O–H groups in total. The van der Waals surface area contributed by atoms with Crippen molar-refractivity contribution >= 4 is 23.2 Å². The highest BCUT2D eigenvalue weighted by Crippen LogP contribution is 2.28. The smallest absolute Gasteiger partial charge is 0.291 e. The molecule has 2 amide bonds. The van der Waals surface area contributed by atoms with Gasteiger partial charge in [0.25, 0.3) is 11.5 Å². The number of nitrogens with zero attached hydrogens (tertiary/aromatic N) is 1. The highest BCUT2D eigenvalue weighted by Gasteiger charge is 2.15. The Morgan fingerprint density at radius 2 is 1.93 bits per heavy atom. The van der Waals surface area contributed by atoms with Crippen LogP contribution in [-0.4, -0.2) is 23.5 Å². The number of ether oxygens (including phenoxy) is 1. The van der Waals surface area contributed by atoms with Gasteiger partial charge in [-0.15, -0.1) is 0 Å². The van der Waals surface area contributed by atoms with E-state index in [0.29, 0.717) is 22.9 Å². The molecule has 0 bridgehead atoms. The van der Waals surface area contributed by atoms with Crippen LogP contribution in [0.5, 0.6) is 5.75 Å². The van der Waals surface area contributed by atoms with Crippen LogP contribution in [0.1, 0.15) is 23.2 Å². The van der Waals surface area contributed by atoms with Gasteiger partial charge in [0.15, 0.2) is 5.76 Å². The highest BCUT2D eigenvalue weighted by molar-refractivity contribution is 6.03. The summed E-state index contributed by atoms with van der Waals surface area (Å²) in [6.07, 6.45) is 1.64. The molecule has 0 aliphatic carbocycles. The van der Waals surface area contributed by atoms with Gasteiger partial charge in [0, 0.05) is 24.9 Å². The molecule has 2 aromatic heterocycles. The van der Waals surface area contributed by atoms with E-state index in [-0.39, 0.29) is 23.8 Å². The zero-order valence-corrected chi connectivity index (χ0v) is 15.4. The maximum absolute atomic E-state index is 12.5. The third-order valence-corrected chi connectivity index (χ3v) is 3.88. The molecule has 8 nitrogen and oxygen atoms in total. The molecule has 0 radical (unpaired) electrons. The fourth-order valence-corrected chi connectivity index (χ4v) is 2.61. The first-order valence-electron chi connectivity index (χ1n) is 8.47. The van der Waals surface area contributed by atoms with Gasteiger partial charge in [-0.1, -0.05) is 6.07 Å². The number of rotatable bonds is 6. The molecule has 28 heavy (non-hydrogen) atoms. The van der Waals surface area contributed by atoms with Crippen molar-refractivity contribution in [3.8, 4) is 5.75 Å². The van der Waals surface area contributed by atoms with E-state index < -0.39 is 5.91 Å². The van der Waals surface area contributed by atoms with Gasteiger partial charge < -0.3 is 24.4 Å². The molecule has 0 saturated carbocycles.